The Hall–Kier alpha value is -3.57. The van der Waals surface area contributed by atoms with Crippen LogP contribution in [0.2, 0.25) is 0 Å². The predicted octanol–water partition coefficient (Wildman–Crippen LogP) is 3.79. The summed E-state index contributed by atoms with van der Waals surface area (Å²) < 4.78 is 20.9. The number of alkyl carbamates (subject to hydrolysis) is 1. The number of amides is 4. The van der Waals surface area contributed by atoms with Gasteiger partial charge in [0.05, 0.1) is 15.7 Å². The third kappa shape index (κ3) is 4.71. The molecule has 1 aromatic heterocycles. The summed E-state index contributed by atoms with van der Waals surface area (Å²) in [4.78, 5) is 54.7. The zero-order valence-electron chi connectivity index (χ0n) is 20.1. The van der Waals surface area contributed by atoms with E-state index in [1.54, 1.807) is 17.6 Å². The van der Waals surface area contributed by atoms with Crippen molar-refractivity contribution in [2.24, 2.45) is 0 Å². The van der Waals surface area contributed by atoms with Crippen LogP contribution in [0.25, 0.3) is 10.2 Å². The Kier molecular flexibility index (Phi) is 7.06. The number of imide groups is 1. The van der Waals surface area contributed by atoms with Crippen LogP contribution in [0.15, 0.2) is 35.8 Å². The van der Waals surface area contributed by atoms with E-state index in [-0.39, 0.29) is 55.0 Å². The van der Waals surface area contributed by atoms with E-state index in [4.69, 9.17) is 4.74 Å². The normalized spacial score (nSPS) is 22.4. The fraction of sp³-hybridized carbons (Fsp3) is 0.346. The number of ether oxygens (including phenoxy) is 1. The van der Waals surface area contributed by atoms with Crippen LogP contribution in [-0.4, -0.2) is 45.8 Å². The number of thiazole rings is 1. The monoisotopic (exact) mass is 558 g/mol. The molecule has 0 unspecified atom stereocenters. The van der Waals surface area contributed by atoms with Crippen LogP contribution in [0.3, 0.4) is 0 Å². The number of aromatic nitrogens is 1. The molecule has 38 heavy (non-hydrogen) atoms. The van der Waals surface area contributed by atoms with Gasteiger partial charge in [0.1, 0.15) is 18.0 Å². The summed E-state index contributed by atoms with van der Waals surface area (Å²) in [7, 11) is 0. The summed E-state index contributed by atoms with van der Waals surface area (Å²) in [6.45, 7) is 0.467. The van der Waals surface area contributed by atoms with Gasteiger partial charge < -0.3 is 15.0 Å². The SMILES string of the molecule is Cl.O=C1CC[C@H](N2Cc3ccc(CNC(=O)OC4CC(c5c(F)ccc6scnc56)C4)cc3C2=O)C(=O)N1. The smallest absolute Gasteiger partial charge is 0.407 e. The summed E-state index contributed by atoms with van der Waals surface area (Å²) in [6, 6.07) is 7.85. The van der Waals surface area contributed by atoms with Gasteiger partial charge in [0.25, 0.3) is 5.91 Å². The first kappa shape index (κ1) is 26.1. The lowest BCUT2D eigenvalue weighted by molar-refractivity contribution is -0.136. The van der Waals surface area contributed by atoms with E-state index >= 15 is 0 Å². The lowest BCUT2D eigenvalue weighted by Crippen LogP contribution is -2.52. The summed E-state index contributed by atoms with van der Waals surface area (Å²) in [5, 5.41) is 5.00. The molecule has 9 nitrogen and oxygen atoms in total. The number of fused-ring (bicyclic) bond motifs is 2. The van der Waals surface area contributed by atoms with Gasteiger partial charge in [0.15, 0.2) is 0 Å². The number of hydrogen-bond donors (Lipinski definition) is 2. The van der Waals surface area contributed by atoms with Gasteiger partial charge in [0.2, 0.25) is 11.8 Å². The second-order valence-corrected chi connectivity index (χ2v) is 10.5. The molecule has 3 aromatic rings. The summed E-state index contributed by atoms with van der Waals surface area (Å²) in [5.74, 6) is -1.37. The van der Waals surface area contributed by atoms with Gasteiger partial charge in [-0.3, -0.25) is 19.7 Å². The second-order valence-electron chi connectivity index (χ2n) is 9.60. The van der Waals surface area contributed by atoms with Crippen molar-refractivity contribution in [3.05, 3.63) is 63.9 Å². The Balaban J connectivity index is 0.00000294. The number of hydrogen-bond acceptors (Lipinski definition) is 7. The lowest BCUT2D eigenvalue weighted by Gasteiger charge is -2.35. The predicted molar refractivity (Wildman–Crippen MR) is 138 cm³/mol. The minimum atomic E-state index is -0.670. The quantitative estimate of drug-likeness (QED) is 0.460. The molecule has 1 atom stereocenters. The largest absolute Gasteiger partial charge is 0.446 e. The van der Waals surface area contributed by atoms with Crippen molar-refractivity contribution in [3.8, 4) is 0 Å². The van der Waals surface area contributed by atoms with Gasteiger partial charge in [-0.15, -0.1) is 23.7 Å². The maximum atomic E-state index is 14.4. The Labute approximate surface area is 227 Å². The third-order valence-electron chi connectivity index (χ3n) is 7.29. The number of carbonyl (C=O) groups is 4. The van der Waals surface area contributed by atoms with Crippen molar-refractivity contribution >= 4 is 57.8 Å². The standard InChI is InChI=1S/C26H23FN4O5S.ClH/c27-18-3-5-20-23(29-12-37-20)22(18)15-8-16(9-15)36-26(35)28-10-13-1-2-14-11-31(25(34)17(14)7-13)19-4-6-21(32)30-24(19)33;/h1-3,5,7,12,15-16,19H,4,6,8-11H2,(H,28,35)(H,30,32,33);1H/t15?,16?,19-;/m0./s1. The van der Waals surface area contributed by atoms with Crippen LogP contribution in [0.4, 0.5) is 9.18 Å². The fourth-order valence-corrected chi connectivity index (χ4v) is 5.99. The molecule has 12 heteroatoms. The maximum Gasteiger partial charge on any atom is 0.407 e. The minimum absolute atomic E-state index is 0. The van der Waals surface area contributed by atoms with Crippen molar-refractivity contribution < 1.29 is 28.3 Å². The molecule has 198 valence electrons. The summed E-state index contributed by atoms with van der Waals surface area (Å²) in [6.07, 6.45) is 0.688. The number of benzene rings is 2. The van der Waals surface area contributed by atoms with Gasteiger partial charge in [-0.2, -0.15) is 0 Å². The highest BCUT2D eigenvalue weighted by molar-refractivity contribution is 7.16. The molecule has 4 amide bonds. The number of rotatable bonds is 5. The third-order valence-corrected chi connectivity index (χ3v) is 8.09. The molecule has 0 radical (unpaired) electrons. The van der Waals surface area contributed by atoms with E-state index in [1.807, 2.05) is 12.1 Å². The van der Waals surface area contributed by atoms with Crippen molar-refractivity contribution in [3.63, 3.8) is 0 Å². The van der Waals surface area contributed by atoms with Crippen molar-refractivity contribution in [1.82, 2.24) is 20.5 Å². The lowest BCUT2D eigenvalue weighted by atomic mass is 9.77. The zero-order chi connectivity index (χ0) is 25.7. The Morgan fingerprint density at radius 3 is 2.82 bits per heavy atom. The Morgan fingerprint density at radius 2 is 2.03 bits per heavy atom. The van der Waals surface area contributed by atoms with Crippen molar-refractivity contribution in [1.29, 1.82) is 0 Å². The van der Waals surface area contributed by atoms with E-state index in [1.165, 1.54) is 22.3 Å². The second kappa shape index (κ2) is 10.3. The first-order valence-corrected chi connectivity index (χ1v) is 13.0. The van der Waals surface area contributed by atoms with Crippen LogP contribution in [0.1, 0.15) is 58.6 Å². The van der Waals surface area contributed by atoms with E-state index in [0.29, 0.717) is 42.5 Å². The number of halogens is 2. The molecular formula is C26H24ClFN4O5S. The molecule has 0 bridgehead atoms. The highest BCUT2D eigenvalue weighted by Gasteiger charge is 2.39. The average Bonchev–Trinajstić information content (AvgIpc) is 3.45. The average molecular weight is 559 g/mol. The summed E-state index contributed by atoms with van der Waals surface area (Å²) >= 11 is 1.47. The molecule has 3 aliphatic rings. The highest BCUT2D eigenvalue weighted by atomic mass is 35.5. The molecule has 2 fully saturated rings. The fourth-order valence-electron chi connectivity index (χ4n) is 5.29. The number of nitrogens with one attached hydrogen (secondary N) is 2. The zero-order valence-corrected chi connectivity index (χ0v) is 21.7. The highest BCUT2D eigenvalue weighted by Crippen LogP contribution is 2.43. The number of carbonyl (C=O) groups excluding carboxylic acids is 4. The molecule has 1 aliphatic carbocycles. The van der Waals surface area contributed by atoms with Crippen molar-refractivity contribution in [2.75, 3.05) is 0 Å². The molecule has 2 N–H and O–H groups in total. The maximum absolute atomic E-state index is 14.4. The topological polar surface area (TPSA) is 118 Å². The van der Waals surface area contributed by atoms with Crippen LogP contribution < -0.4 is 10.6 Å². The van der Waals surface area contributed by atoms with Crippen LogP contribution in [0, 0.1) is 5.82 Å². The molecule has 0 spiro atoms. The van der Waals surface area contributed by atoms with E-state index in [9.17, 15) is 23.6 Å². The van der Waals surface area contributed by atoms with E-state index in [0.717, 1.165) is 15.8 Å². The van der Waals surface area contributed by atoms with Crippen molar-refractivity contribution in [2.45, 2.75) is 56.8 Å². The van der Waals surface area contributed by atoms with Crippen LogP contribution in [0.5, 0.6) is 0 Å². The Morgan fingerprint density at radius 1 is 1.21 bits per heavy atom. The number of piperidine rings is 1. The molecule has 1 saturated heterocycles. The van der Waals surface area contributed by atoms with Gasteiger partial charge in [0, 0.05) is 30.6 Å². The van der Waals surface area contributed by atoms with Crippen LogP contribution in [-0.2, 0) is 27.4 Å². The van der Waals surface area contributed by atoms with Crippen LogP contribution >= 0.6 is 23.7 Å². The Bertz CT molecular complexity index is 1460. The van der Waals surface area contributed by atoms with E-state index < -0.39 is 18.0 Å². The van der Waals surface area contributed by atoms with Gasteiger partial charge in [-0.05, 0) is 54.5 Å². The minimum Gasteiger partial charge on any atom is -0.446 e. The van der Waals surface area contributed by atoms with Gasteiger partial charge in [-0.25, -0.2) is 14.2 Å². The molecule has 2 aliphatic heterocycles. The molecule has 1 saturated carbocycles. The molecule has 2 aromatic carbocycles. The first-order valence-electron chi connectivity index (χ1n) is 12.1. The van der Waals surface area contributed by atoms with Gasteiger partial charge in [-0.1, -0.05) is 12.1 Å². The van der Waals surface area contributed by atoms with Gasteiger partial charge >= 0.3 is 6.09 Å². The number of nitrogens with zero attached hydrogens (tertiary/aromatic N) is 2. The summed E-state index contributed by atoms with van der Waals surface area (Å²) in [5.41, 5.74) is 4.97. The molecular weight excluding hydrogens is 535 g/mol. The van der Waals surface area contributed by atoms with E-state index in [2.05, 4.69) is 15.6 Å². The molecule has 3 heterocycles. The first-order chi connectivity index (χ1) is 17.9. The molecule has 6 rings (SSSR count).